The summed E-state index contributed by atoms with van der Waals surface area (Å²) >= 11 is 0. The first kappa shape index (κ1) is 35.3. The van der Waals surface area contributed by atoms with E-state index >= 15 is 0 Å². The molecule has 0 saturated heterocycles. The van der Waals surface area contributed by atoms with Gasteiger partial charge in [0.2, 0.25) is 17.7 Å². The lowest BCUT2D eigenvalue weighted by molar-refractivity contribution is -0.139. The number of nitrogens with one attached hydrogen (secondary N) is 2. The number of Topliss-reactive ketones (excluding diaryl/α,β-unsaturated/α-hetero) is 2. The van der Waals surface area contributed by atoms with Crippen LogP contribution in [0.3, 0.4) is 0 Å². The molecule has 0 radical (unpaired) electrons. The molecule has 0 unspecified atom stereocenters. The molecule has 0 aliphatic carbocycles. The van der Waals surface area contributed by atoms with Gasteiger partial charge >= 0.3 is 5.97 Å². The molecule has 0 spiro atoms. The Kier molecular flexibility index (Phi) is 14.8. The molecular formula is C28H41N3O10. The third-order valence-electron chi connectivity index (χ3n) is 6.68. The maximum Gasteiger partial charge on any atom is 0.303 e. The Bertz CT molecular complexity index is 1060. The number of benzene rings is 1. The molecule has 0 saturated carbocycles. The van der Waals surface area contributed by atoms with Crippen LogP contribution < -0.4 is 16.4 Å². The smallest absolute Gasteiger partial charge is 0.303 e. The topological polar surface area (TPSA) is 233 Å². The maximum absolute atomic E-state index is 13.2. The Morgan fingerprint density at radius 1 is 0.805 bits per heavy atom. The Balaban J connectivity index is 3.09. The maximum atomic E-state index is 13.2. The molecule has 13 nitrogen and oxygen atoms in total. The zero-order valence-corrected chi connectivity index (χ0v) is 23.5. The number of hydrogen-bond donors (Lipinski definition) is 7. The third-order valence-corrected chi connectivity index (χ3v) is 6.68. The number of nitrogens with two attached hydrogens (primary N) is 1. The minimum absolute atomic E-state index is 0.152. The number of carbonyl (C=O) groups excluding carboxylic acids is 5. The first-order valence-electron chi connectivity index (χ1n) is 13.4. The van der Waals surface area contributed by atoms with Crippen molar-refractivity contribution in [2.24, 2.45) is 23.5 Å². The molecule has 8 N–H and O–H groups in total. The van der Waals surface area contributed by atoms with Crippen LogP contribution in [0.25, 0.3) is 0 Å². The van der Waals surface area contributed by atoms with Crippen LogP contribution in [0.5, 0.6) is 0 Å². The predicted octanol–water partition coefficient (Wildman–Crippen LogP) is -0.910. The van der Waals surface area contributed by atoms with E-state index < -0.39 is 103 Å². The van der Waals surface area contributed by atoms with Crippen LogP contribution in [0.4, 0.5) is 0 Å². The van der Waals surface area contributed by atoms with Gasteiger partial charge in [-0.25, -0.2) is 0 Å². The van der Waals surface area contributed by atoms with Crippen molar-refractivity contribution in [2.45, 2.75) is 77.2 Å². The van der Waals surface area contributed by atoms with Crippen molar-refractivity contribution < 1.29 is 49.2 Å². The van der Waals surface area contributed by atoms with E-state index in [1.54, 1.807) is 30.3 Å². The zero-order chi connectivity index (χ0) is 31.3. The van der Waals surface area contributed by atoms with E-state index in [-0.39, 0.29) is 12.8 Å². The lowest BCUT2D eigenvalue weighted by atomic mass is 9.89. The van der Waals surface area contributed by atoms with Crippen molar-refractivity contribution in [2.75, 3.05) is 6.61 Å². The molecule has 0 aliphatic rings. The number of ketones is 2. The third kappa shape index (κ3) is 12.2. The first-order valence-corrected chi connectivity index (χ1v) is 13.4. The molecule has 0 aromatic heterocycles. The van der Waals surface area contributed by atoms with Crippen molar-refractivity contribution in [3.8, 4) is 0 Å². The van der Waals surface area contributed by atoms with Crippen LogP contribution in [0.1, 0.15) is 52.0 Å². The van der Waals surface area contributed by atoms with Crippen LogP contribution in [0.2, 0.25) is 0 Å². The summed E-state index contributed by atoms with van der Waals surface area (Å²) in [6, 6.07) is 5.88. The number of carboxylic acids is 1. The largest absolute Gasteiger partial charge is 0.481 e. The molecule has 41 heavy (non-hydrogen) atoms. The van der Waals surface area contributed by atoms with Crippen LogP contribution in [0.15, 0.2) is 30.3 Å². The van der Waals surface area contributed by atoms with Gasteiger partial charge in [-0.05, 0) is 32.3 Å². The Hall–Kier alpha value is -3.68. The summed E-state index contributed by atoms with van der Waals surface area (Å²) in [5.74, 6) is -8.18. The molecular weight excluding hydrogens is 538 g/mol. The van der Waals surface area contributed by atoms with E-state index in [2.05, 4.69) is 10.6 Å². The highest BCUT2D eigenvalue weighted by Gasteiger charge is 2.35. The van der Waals surface area contributed by atoms with Gasteiger partial charge in [0.15, 0.2) is 11.6 Å². The number of aliphatic hydroxyl groups excluding tert-OH is 3. The fraction of sp³-hybridized carbons (Fsp3) is 0.571. The van der Waals surface area contributed by atoms with E-state index in [0.29, 0.717) is 0 Å². The Morgan fingerprint density at radius 3 is 1.73 bits per heavy atom. The first-order chi connectivity index (χ1) is 19.2. The highest BCUT2D eigenvalue weighted by Crippen LogP contribution is 2.18. The van der Waals surface area contributed by atoms with E-state index in [1.165, 1.54) is 20.8 Å². The van der Waals surface area contributed by atoms with Crippen molar-refractivity contribution in [1.29, 1.82) is 0 Å². The number of amides is 3. The Labute approximate surface area is 238 Å². The van der Waals surface area contributed by atoms with Crippen LogP contribution in [-0.2, 0) is 35.2 Å². The van der Waals surface area contributed by atoms with E-state index in [4.69, 9.17) is 10.8 Å². The second kappa shape index (κ2) is 17.2. The van der Waals surface area contributed by atoms with E-state index in [1.807, 2.05) is 0 Å². The molecule has 3 amide bonds. The van der Waals surface area contributed by atoms with Gasteiger partial charge in [0.25, 0.3) is 0 Å². The molecule has 1 aromatic carbocycles. The number of rotatable bonds is 19. The summed E-state index contributed by atoms with van der Waals surface area (Å²) in [5.41, 5.74) is 6.25. The van der Waals surface area contributed by atoms with Gasteiger partial charge in [0, 0.05) is 31.1 Å². The summed E-state index contributed by atoms with van der Waals surface area (Å²) in [5, 5.41) is 43.4. The molecule has 228 valence electrons. The minimum atomic E-state index is -1.49. The summed E-state index contributed by atoms with van der Waals surface area (Å²) in [4.78, 5) is 74.7. The number of carboxylic acid groups (broad SMARTS) is 1. The summed E-state index contributed by atoms with van der Waals surface area (Å²) in [6.07, 6.45) is -4.44. The van der Waals surface area contributed by atoms with Crippen LogP contribution in [0, 0.1) is 17.8 Å². The molecule has 0 bridgehead atoms. The SMILES string of the molecule is C[C@@H](CO)C(=O)N[C@H](C(=O)C[C@@H](CCC(=O)O)C(=O)N[C@H](C(=O)C[C@@H](Cc1ccccc1)C(N)=O)[C@@H](C)O)[C@@H](C)O. The molecule has 13 heteroatoms. The molecule has 1 aromatic rings. The lowest BCUT2D eigenvalue weighted by Crippen LogP contribution is -2.52. The van der Waals surface area contributed by atoms with Crippen molar-refractivity contribution in [3.05, 3.63) is 35.9 Å². The molecule has 1 rings (SSSR count). The van der Waals surface area contributed by atoms with Gasteiger partial charge in [-0.3, -0.25) is 28.8 Å². The fourth-order valence-corrected chi connectivity index (χ4v) is 4.12. The van der Waals surface area contributed by atoms with Gasteiger partial charge in [-0.15, -0.1) is 0 Å². The highest BCUT2D eigenvalue weighted by molar-refractivity contribution is 5.96. The van der Waals surface area contributed by atoms with Crippen LogP contribution >= 0.6 is 0 Å². The van der Waals surface area contributed by atoms with Gasteiger partial charge in [0.05, 0.1) is 24.7 Å². The molecule has 0 heterocycles. The van der Waals surface area contributed by atoms with Crippen LogP contribution in [-0.4, -0.2) is 86.6 Å². The number of aliphatic hydroxyl groups is 3. The van der Waals surface area contributed by atoms with E-state index in [9.17, 15) is 44.1 Å². The molecule has 0 fully saturated rings. The quantitative estimate of drug-likeness (QED) is 0.107. The number of hydrogen-bond acceptors (Lipinski definition) is 9. The summed E-state index contributed by atoms with van der Waals surface area (Å²) < 4.78 is 0. The lowest BCUT2D eigenvalue weighted by Gasteiger charge is -2.26. The summed E-state index contributed by atoms with van der Waals surface area (Å²) in [7, 11) is 0. The average Bonchev–Trinajstić information content (AvgIpc) is 2.91. The fourth-order valence-electron chi connectivity index (χ4n) is 4.12. The number of aliphatic carboxylic acids is 1. The minimum Gasteiger partial charge on any atom is -0.481 e. The average molecular weight is 580 g/mol. The Morgan fingerprint density at radius 2 is 1.29 bits per heavy atom. The summed E-state index contributed by atoms with van der Waals surface area (Å²) in [6.45, 7) is 3.38. The van der Waals surface area contributed by atoms with Gasteiger partial charge < -0.3 is 36.8 Å². The van der Waals surface area contributed by atoms with Crippen molar-refractivity contribution in [3.63, 3.8) is 0 Å². The van der Waals surface area contributed by atoms with Gasteiger partial charge in [0.1, 0.15) is 12.1 Å². The normalized spacial score (nSPS) is 16.2. The second-order valence-electron chi connectivity index (χ2n) is 10.3. The van der Waals surface area contributed by atoms with Gasteiger partial charge in [-0.2, -0.15) is 0 Å². The van der Waals surface area contributed by atoms with Crippen molar-refractivity contribution in [1.82, 2.24) is 10.6 Å². The standard InChI is InChI=1S/C28H41N3O10/c1-15(14-32)27(40)30-24(16(2)33)21(35)12-19(9-10-23(37)38)28(41)31-25(17(3)34)22(36)13-20(26(29)39)11-18-7-5-4-6-8-18/h4-8,15-17,19-20,24-25,32-34H,9-14H2,1-3H3,(H2,29,39)(H,30,40)(H,31,41)(H,37,38)/t15-,16+,17+,19+,20+,24-,25-/m0/s1. The predicted molar refractivity (Wildman–Crippen MR) is 146 cm³/mol. The molecule has 7 atom stereocenters. The second-order valence-corrected chi connectivity index (χ2v) is 10.3. The number of primary amides is 1. The highest BCUT2D eigenvalue weighted by atomic mass is 16.4. The molecule has 0 aliphatic heterocycles. The monoisotopic (exact) mass is 579 g/mol. The van der Waals surface area contributed by atoms with Gasteiger partial charge in [-0.1, -0.05) is 37.3 Å². The number of carbonyl (C=O) groups is 6. The zero-order valence-electron chi connectivity index (χ0n) is 23.5. The van der Waals surface area contributed by atoms with Crippen molar-refractivity contribution >= 4 is 35.3 Å². The van der Waals surface area contributed by atoms with E-state index in [0.717, 1.165) is 5.56 Å².